The number of hydrogen-bond donors (Lipinski definition) is 0. The number of amides is 2. The highest BCUT2D eigenvalue weighted by molar-refractivity contribution is 5.70. The Balaban J connectivity index is 0.000000192. The van der Waals surface area contributed by atoms with Gasteiger partial charge in [0, 0.05) is 35.6 Å². The van der Waals surface area contributed by atoms with Crippen LogP contribution in [0.25, 0.3) is 0 Å². The van der Waals surface area contributed by atoms with Crippen molar-refractivity contribution in [2.45, 2.75) is 116 Å². The third kappa shape index (κ3) is 9.12. The molecule has 4 aliphatic rings. The summed E-state index contributed by atoms with van der Waals surface area (Å²) in [6.07, 6.45) is 13.8. The van der Waals surface area contributed by atoms with E-state index in [1.165, 1.54) is 31.1 Å². The second-order valence-electron chi connectivity index (χ2n) is 14.7. The van der Waals surface area contributed by atoms with Crippen LogP contribution in [0.5, 0.6) is 0 Å². The fraction of sp³-hybridized carbons (Fsp3) is 0.512. The molecule has 0 aromatic carbocycles. The van der Waals surface area contributed by atoms with Gasteiger partial charge < -0.3 is 19.3 Å². The zero-order chi connectivity index (χ0) is 35.1. The van der Waals surface area contributed by atoms with E-state index < -0.39 is 5.60 Å². The van der Waals surface area contributed by atoms with Crippen molar-refractivity contribution in [3.63, 3.8) is 0 Å². The number of likely N-dealkylation sites (tertiary alicyclic amines) is 2. The van der Waals surface area contributed by atoms with E-state index in [0.717, 1.165) is 80.7 Å². The van der Waals surface area contributed by atoms with Crippen LogP contribution in [0, 0.1) is 37.5 Å². The molecule has 4 heterocycles. The number of piperidine rings is 2. The molecule has 8 nitrogen and oxygen atoms in total. The molecular weight excluding hydrogens is 612 g/mol. The maximum atomic E-state index is 12.6. The molecule has 49 heavy (non-hydrogen) atoms. The molecule has 2 saturated carbocycles. The molecule has 0 N–H and O–H groups in total. The van der Waals surface area contributed by atoms with E-state index in [9.17, 15) is 9.59 Å². The monoisotopic (exact) mass is 662 g/mol. The molecule has 6 rings (SSSR count). The molecule has 2 aromatic rings. The summed E-state index contributed by atoms with van der Waals surface area (Å²) < 4.78 is 10.6. The van der Waals surface area contributed by atoms with Crippen LogP contribution in [0.2, 0.25) is 0 Å². The van der Waals surface area contributed by atoms with Crippen LogP contribution >= 0.6 is 0 Å². The Labute approximate surface area is 292 Å². The number of nitrogens with zero attached hydrogens (tertiary/aromatic N) is 4. The number of hydrogen-bond acceptors (Lipinski definition) is 6. The van der Waals surface area contributed by atoms with E-state index in [4.69, 9.17) is 9.47 Å². The number of rotatable bonds is 0. The van der Waals surface area contributed by atoms with Gasteiger partial charge in [-0.05, 0) is 147 Å². The first kappa shape index (κ1) is 35.7. The zero-order valence-electron chi connectivity index (χ0n) is 30.0. The summed E-state index contributed by atoms with van der Waals surface area (Å²) in [5.41, 5.74) is 5.65. The van der Waals surface area contributed by atoms with Crippen molar-refractivity contribution >= 4 is 12.2 Å². The number of methoxy groups -OCH3 is 1. The van der Waals surface area contributed by atoms with Crippen LogP contribution in [0.15, 0.2) is 59.7 Å². The number of aromatic nitrogens is 2. The summed E-state index contributed by atoms with van der Waals surface area (Å²) in [5, 5.41) is 0. The van der Waals surface area contributed by atoms with Crippen LogP contribution in [0.3, 0.4) is 0 Å². The van der Waals surface area contributed by atoms with E-state index in [2.05, 4.69) is 33.6 Å². The fourth-order valence-electron chi connectivity index (χ4n) is 7.15. The van der Waals surface area contributed by atoms with Gasteiger partial charge in [-0.2, -0.15) is 0 Å². The van der Waals surface area contributed by atoms with E-state index >= 15 is 0 Å². The lowest BCUT2D eigenvalue weighted by Gasteiger charge is -2.53. The molecule has 0 radical (unpaired) electrons. The van der Waals surface area contributed by atoms with Gasteiger partial charge >= 0.3 is 12.2 Å². The van der Waals surface area contributed by atoms with Gasteiger partial charge in [-0.15, -0.1) is 0 Å². The molecule has 0 bridgehead atoms. The summed E-state index contributed by atoms with van der Waals surface area (Å²) in [7, 11) is 1.46. The Morgan fingerprint density at radius 3 is 1.57 bits per heavy atom. The Morgan fingerprint density at radius 2 is 1.20 bits per heavy atom. The first-order valence-corrected chi connectivity index (χ1v) is 17.5. The number of ether oxygens (including phenoxy) is 2. The largest absolute Gasteiger partial charge is 0.453 e. The smallest absolute Gasteiger partial charge is 0.410 e. The molecule has 2 saturated heterocycles. The van der Waals surface area contributed by atoms with Gasteiger partial charge in [0.05, 0.1) is 7.11 Å². The summed E-state index contributed by atoms with van der Waals surface area (Å²) in [6, 6.07) is 11.7. The maximum absolute atomic E-state index is 12.6. The van der Waals surface area contributed by atoms with Crippen molar-refractivity contribution in [3.05, 3.63) is 82.5 Å². The average Bonchev–Trinajstić information content (AvgIpc) is 3.02. The molecule has 2 spiro atoms. The second kappa shape index (κ2) is 15.3. The lowest BCUT2D eigenvalue weighted by atomic mass is 9.69. The molecule has 258 valence electrons. The number of pyridine rings is 2. The topological polar surface area (TPSA) is 84.9 Å². The molecule has 0 unspecified atom stereocenters. The van der Waals surface area contributed by atoms with Crippen molar-refractivity contribution < 1.29 is 19.1 Å². The van der Waals surface area contributed by atoms with Crippen LogP contribution in [0.4, 0.5) is 9.59 Å². The quantitative estimate of drug-likeness (QED) is 0.265. The molecule has 2 aliphatic carbocycles. The minimum atomic E-state index is -0.454. The third-order valence-corrected chi connectivity index (χ3v) is 9.88. The number of aryl methyl sites for hydroxylation is 2. The van der Waals surface area contributed by atoms with Crippen molar-refractivity contribution in [1.82, 2.24) is 19.8 Å². The third-order valence-electron chi connectivity index (χ3n) is 9.88. The summed E-state index contributed by atoms with van der Waals surface area (Å²) in [5.74, 6) is 12.5. The van der Waals surface area contributed by atoms with Gasteiger partial charge in [0.1, 0.15) is 17.0 Å². The Morgan fingerprint density at radius 1 is 0.755 bits per heavy atom. The standard InChI is InChI=1S/C22H28N2O2.C19H22N2O2/c1-17-8-5-10-19(23-17)11-6-9-18-12-15-24(20(25)26-21(2,3)4)22(16-18)13-7-14-22;1-15-6-3-8-17(20-15)9-4-7-16-10-13-21(18(22)23-2)19(14-16)11-5-12-19/h5,8-10H,7,12-16H2,1-4H3;3,6-8H,5,10-14H2,1-2H3. The van der Waals surface area contributed by atoms with Gasteiger partial charge in [-0.25, -0.2) is 19.6 Å². The zero-order valence-corrected chi connectivity index (χ0v) is 30.0. The first-order valence-electron chi connectivity index (χ1n) is 17.5. The fourth-order valence-corrected chi connectivity index (χ4v) is 7.15. The first-order chi connectivity index (χ1) is 23.4. The SMILES string of the molecule is COC(=O)N1CCC(=CC#Cc2cccc(C)n2)CC12CCC2.Cc1cccc(C#CC=C2CCN(C(=O)OC(C)(C)C)C3(CCC3)C2)n1. The molecular formula is C41H50N4O4. The Kier molecular flexibility index (Phi) is 11.2. The van der Waals surface area contributed by atoms with Gasteiger partial charge in [-0.3, -0.25) is 0 Å². The van der Waals surface area contributed by atoms with E-state index in [1.54, 1.807) is 0 Å². The maximum Gasteiger partial charge on any atom is 0.410 e. The van der Waals surface area contributed by atoms with Crippen molar-refractivity contribution in [2.75, 3.05) is 20.2 Å². The lowest BCUT2D eigenvalue weighted by Crippen LogP contribution is -2.59. The minimum absolute atomic E-state index is 0.0273. The minimum Gasteiger partial charge on any atom is -0.453 e. The highest BCUT2D eigenvalue weighted by atomic mass is 16.6. The summed E-state index contributed by atoms with van der Waals surface area (Å²) in [4.78, 5) is 37.3. The molecule has 8 heteroatoms. The van der Waals surface area contributed by atoms with Crippen molar-refractivity contribution in [3.8, 4) is 23.7 Å². The number of carbonyl (C=O) groups excluding carboxylic acids is 2. The Hall–Kier alpha value is -4.56. The van der Waals surface area contributed by atoms with Crippen LogP contribution in [0.1, 0.15) is 108 Å². The van der Waals surface area contributed by atoms with Gasteiger partial charge in [0.25, 0.3) is 0 Å². The number of allylic oxidation sites excluding steroid dienone is 2. The summed E-state index contributed by atoms with van der Waals surface area (Å²) in [6.45, 7) is 11.1. The molecule has 0 atom stereocenters. The van der Waals surface area contributed by atoms with Crippen LogP contribution < -0.4 is 0 Å². The average molecular weight is 663 g/mol. The molecule has 2 amide bonds. The number of carbonyl (C=O) groups is 2. The Bertz CT molecular complexity index is 1720. The van der Waals surface area contributed by atoms with E-state index in [0.29, 0.717) is 6.54 Å². The highest BCUT2D eigenvalue weighted by Gasteiger charge is 2.49. The van der Waals surface area contributed by atoms with Gasteiger partial charge in [0.2, 0.25) is 0 Å². The normalized spacial score (nSPS) is 20.4. The van der Waals surface area contributed by atoms with Gasteiger partial charge in [-0.1, -0.05) is 35.1 Å². The lowest BCUT2D eigenvalue weighted by molar-refractivity contribution is -0.0339. The predicted molar refractivity (Wildman–Crippen MR) is 192 cm³/mol. The van der Waals surface area contributed by atoms with E-state index in [1.807, 2.05) is 93.0 Å². The molecule has 2 aliphatic heterocycles. The molecule has 2 aromatic heterocycles. The van der Waals surface area contributed by atoms with Crippen molar-refractivity contribution in [2.24, 2.45) is 0 Å². The predicted octanol–water partition coefficient (Wildman–Crippen LogP) is 8.07. The highest BCUT2D eigenvalue weighted by Crippen LogP contribution is 2.47. The van der Waals surface area contributed by atoms with Crippen molar-refractivity contribution in [1.29, 1.82) is 0 Å². The van der Waals surface area contributed by atoms with Gasteiger partial charge in [0.15, 0.2) is 0 Å². The van der Waals surface area contributed by atoms with Crippen LogP contribution in [-0.2, 0) is 9.47 Å². The summed E-state index contributed by atoms with van der Waals surface area (Å²) >= 11 is 0. The van der Waals surface area contributed by atoms with Crippen LogP contribution in [-0.4, -0.2) is 68.8 Å². The second-order valence-corrected chi connectivity index (χ2v) is 14.7. The molecule has 4 fully saturated rings. The van der Waals surface area contributed by atoms with E-state index in [-0.39, 0.29) is 23.3 Å².